The molecule has 0 aliphatic rings. The number of rotatable bonds is 3. The molecule has 0 bridgehead atoms. The fourth-order valence-electron chi connectivity index (χ4n) is 1.50. The number of halogens is 1. The Morgan fingerprint density at radius 2 is 1.58 bits per heavy atom. The van der Waals surface area contributed by atoms with E-state index < -0.39 is 0 Å². The monoisotopic (exact) mass is 270 g/mol. The maximum absolute atomic E-state index is 5.60. The molecule has 0 N–H and O–H groups in total. The van der Waals surface area contributed by atoms with Gasteiger partial charge in [-0.05, 0) is 23.6 Å². The Hall–Kier alpha value is -1.79. The summed E-state index contributed by atoms with van der Waals surface area (Å²) in [5.41, 5.74) is 3.54. The molecule has 0 radical (unpaired) electrons. The summed E-state index contributed by atoms with van der Waals surface area (Å²) in [6, 6.07) is 18.3. The Bertz CT molecular complexity index is 495. The Morgan fingerprint density at radius 3 is 2.05 bits per heavy atom. The summed E-state index contributed by atoms with van der Waals surface area (Å²) in [7, 11) is 0. The molecule has 0 unspecified atom stereocenters. The lowest BCUT2D eigenvalue weighted by Crippen LogP contribution is -1.76. The molecule has 0 saturated carbocycles. The minimum Gasteiger partial charge on any atom is -0.122 e. The first-order chi connectivity index (χ1) is 9.30. The van der Waals surface area contributed by atoms with Gasteiger partial charge in [0.15, 0.2) is 0 Å². The normalized spacial score (nSPS) is 9.79. The van der Waals surface area contributed by atoms with Gasteiger partial charge < -0.3 is 0 Å². The standard InChI is InChI=1S/C9H9Cl.C9H10/c1-2-8-3-5-9(7-10)6-4-8;1-2-6-9-7-4-3-5-8-9/h2-6H,1,7H2;2-8H,1H3. The predicted molar refractivity (Wildman–Crippen MR) is 87.2 cm³/mol. The van der Waals surface area contributed by atoms with Gasteiger partial charge in [0.2, 0.25) is 0 Å². The van der Waals surface area contributed by atoms with Crippen LogP contribution in [0.3, 0.4) is 0 Å². The van der Waals surface area contributed by atoms with E-state index in [0.717, 1.165) is 11.1 Å². The van der Waals surface area contributed by atoms with Crippen LogP contribution in [0, 0.1) is 0 Å². The molecule has 19 heavy (non-hydrogen) atoms. The van der Waals surface area contributed by atoms with E-state index in [1.807, 2.05) is 61.5 Å². The zero-order valence-corrected chi connectivity index (χ0v) is 12.0. The number of allylic oxidation sites excluding steroid dienone is 1. The molecule has 2 aromatic rings. The minimum absolute atomic E-state index is 0.581. The van der Waals surface area contributed by atoms with Crippen LogP contribution in [0.2, 0.25) is 0 Å². The zero-order chi connectivity index (χ0) is 13.9. The van der Waals surface area contributed by atoms with Gasteiger partial charge in [-0.2, -0.15) is 0 Å². The lowest BCUT2D eigenvalue weighted by Gasteiger charge is -1.94. The maximum atomic E-state index is 5.60. The molecular weight excluding hydrogens is 252 g/mol. The van der Waals surface area contributed by atoms with Gasteiger partial charge >= 0.3 is 0 Å². The first kappa shape index (κ1) is 15.3. The molecule has 0 aromatic heterocycles. The SMILES string of the molecule is C=Cc1ccc(CCl)cc1.CC=Cc1ccccc1. The smallest absolute Gasteiger partial charge is 0.0474 e. The Labute approximate surface area is 121 Å². The highest BCUT2D eigenvalue weighted by Crippen LogP contribution is 2.06. The van der Waals surface area contributed by atoms with E-state index in [0.29, 0.717) is 5.88 Å². The van der Waals surface area contributed by atoms with Crippen LogP contribution in [0.25, 0.3) is 12.2 Å². The predicted octanol–water partition coefficient (Wildman–Crippen LogP) is 5.79. The highest BCUT2D eigenvalue weighted by Gasteiger charge is 1.87. The molecule has 0 aliphatic heterocycles. The van der Waals surface area contributed by atoms with Crippen molar-refractivity contribution in [3.8, 4) is 0 Å². The Morgan fingerprint density at radius 1 is 0.947 bits per heavy atom. The van der Waals surface area contributed by atoms with Crippen LogP contribution in [0.5, 0.6) is 0 Å². The van der Waals surface area contributed by atoms with Crippen molar-refractivity contribution >= 4 is 23.8 Å². The van der Waals surface area contributed by atoms with Crippen LogP contribution < -0.4 is 0 Å². The molecular formula is C18H19Cl. The number of hydrogen-bond acceptors (Lipinski definition) is 0. The minimum atomic E-state index is 0.581. The van der Waals surface area contributed by atoms with Crippen molar-refractivity contribution in [2.24, 2.45) is 0 Å². The quantitative estimate of drug-likeness (QED) is 0.620. The summed E-state index contributed by atoms with van der Waals surface area (Å²) < 4.78 is 0. The van der Waals surface area contributed by atoms with Crippen LogP contribution in [0.1, 0.15) is 23.6 Å². The third-order valence-electron chi connectivity index (χ3n) is 2.53. The topological polar surface area (TPSA) is 0 Å². The lowest BCUT2D eigenvalue weighted by molar-refractivity contribution is 1.40. The van der Waals surface area contributed by atoms with Crippen LogP contribution >= 0.6 is 11.6 Å². The van der Waals surface area contributed by atoms with Gasteiger partial charge in [0.05, 0.1) is 0 Å². The largest absolute Gasteiger partial charge is 0.122 e. The molecule has 0 aliphatic carbocycles. The van der Waals surface area contributed by atoms with Gasteiger partial charge in [-0.25, -0.2) is 0 Å². The fourth-order valence-corrected chi connectivity index (χ4v) is 1.68. The Balaban J connectivity index is 0.000000191. The van der Waals surface area contributed by atoms with E-state index in [9.17, 15) is 0 Å². The average molecular weight is 271 g/mol. The van der Waals surface area contributed by atoms with E-state index in [4.69, 9.17) is 11.6 Å². The fraction of sp³-hybridized carbons (Fsp3) is 0.111. The van der Waals surface area contributed by atoms with Crippen molar-refractivity contribution in [3.05, 3.63) is 83.9 Å². The second-order valence-electron chi connectivity index (χ2n) is 3.99. The summed E-state index contributed by atoms with van der Waals surface area (Å²) in [5, 5.41) is 0. The summed E-state index contributed by atoms with van der Waals surface area (Å²) in [6.07, 6.45) is 5.94. The molecule has 2 aromatic carbocycles. The third-order valence-corrected chi connectivity index (χ3v) is 2.84. The van der Waals surface area contributed by atoms with Crippen molar-refractivity contribution in [1.82, 2.24) is 0 Å². The molecule has 0 spiro atoms. The van der Waals surface area contributed by atoms with Crippen molar-refractivity contribution in [2.75, 3.05) is 0 Å². The van der Waals surface area contributed by atoms with Crippen LogP contribution in [-0.4, -0.2) is 0 Å². The second kappa shape index (κ2) is 9.18. The average Bonchev–Trinajstić information content (AvgIpc) is 2.49. The maximum Gasteiger partial charge on any atom is 0.0474 e. The lowest BCUT2D eigenvalue weighted by atomic mass is 10.1. The number of hydrogen-bond donors (Lipinski definition) is 0. The highest BCUT2D eigenvalue weighted by atomic mass is 35.5. The van der Waals surface area contributed by atoms with Gasteiger partial charge in [-0.15, -0.1) is 11.6 Å². The van der Waals surface area contributed by atoms with Gasteiger partial charge in [0, 0.05) is 5.88 Å². The van der Waals surface area contributed by atoms with E-state index in [1.54, 1.807) is 0 Å². The molecule has 1 heteroatoms. The van der Waals surface area contributed by atoms with Crippen molar-refractivity contribution < 1.29 is 0 Å². The van der Waals surface area contributed by atoms with Gasteiger partial charge in [-0.1, -0.05) is 79.4 Å². The number of alkyl halides is 1. The summed E-state index contributed by atoms with van der Waals surface area (Å²) in [5.74, 6) is 0.581. The molecule has 0 fully saturated rings. The number of benzene rings is 2. The molecule has 0 heterocycles. The van der Waals surface area contributed by atoms with E-state index in [-0.39, 0.29) is 0 Å². The summed E-state index contributed by atoms with van der Waals surface area (Å²) >= 11 is 5.60. The van der Waals surface area contributed by atoms with Crippen LogP contribution in [-0.2, 0) is 5.88 Å². The zero-order valence-electron chi connectivity index (χ0n) is 11.2. The van der Waals surface area contributed by atoms with Crippen molar-refractivity contribution in [2.45, 2.75) is 12.8 Å². The molecule has 0 amide bonds. The summed E-state index contributed by atoms with van der Waals surface area (Å²) in [4.78, 5) is 0. The first-order valence-corrected chi connectivity index (χ1v) is 6.78. The molecule has 2 rings (SSSR count). The van der Waals surface area contributed by atoms with E-state index in [1.165, 1.54) is 5.56 Å². The molecule has 98 valence electrons. The molecule has 0 saturated heterocycles. The highest BCUT2D eigenvalue weighted by molar-refractivity contribution is 6.17. The van der Waals surface area contributed by atoms with E-state index >= 15 is 0 Å². The van der Waals surface area contributed by atoms with Crippen molar-refractivity contribution in [3.63, 3.8) is 0 Å². The third kappa shape index (κ3) is 6.08. The van der Waals surface area contributed by atoms with Gasteiger partial charge in [0.25, 0.3) is 0 Å². The van der Waals surface area contributed by atoms with E-state index in [2.05, 4.69) is 24.8 Å². The first-order valence-electron chi connectivity index (χ1n) is 6.25. The molecule has 0 nitrogen and oxygen atoms in total. The van der Waals surface area contributed by atoms with Gasteiger partial charge in [0.1, 0.15) is 0 Å². The molecule has 0 atom stereocenters. The van der Waals surface area contributed by atoms with Gasteiger partial charge in [-0.3, -0.25) is 0 Å². The van der Waals surface area contributed by atoms with Crippen LogP contribution in [0.15, 0.2) is 67.3 Å². The van der Waals surface area contributed by atoms with Crippen LogP contribution in [0.4, 0.5) is 0 Å². The summed E-state index contributed by atoms with van der Waals surface area (Å²) in [6.45, 7) is 5.67. The van der Waals surface area contributed by atoms with Crippen molar-refractivity contribution in [1.29, 1.82) is 0 Å². The Kier molecular flexibility index (Phi) is 7.38. The second-order valence-corrected chi connectivity index (χ2v) is 4.26.